The number of ether oxygens (including phenoxy) is 1. The van der Waals surface area contributed by atoms with Crippen molar-refractivity contribution >= 4 is 40.8 Å². The number of hydrogen-bond donors (Lipinski definition) is 2. The Morgan fingerprint density at radius 2 is 1.60 bits per heavy atom. The van der Waals surface area contributed by atoms with Crippen molar-refractivity contribution in [1.29, 1.82) is 0 Å². The standard InChI is InChI=1S/C28H22N4O10/c1-42-26(35)17-9-7-16(8-10-17)23-21-22(25(34)30(24(21)33)19-3-2-4-20(13-19)32(40)41)28(29-23,27(36)37)14-15-5-11-18(12-6-15)31(38)39/h2-13,21-23,29H,14H2,1H3,(H,36,37). The number of benzene rings is 3. The number of nitrogens with zero attached hydrogens (tertiary/aromatic N) is 3. The molecule has 0 aliphatic carbocycles. The fraction of sp³-hybridized carbons (Fsp3) is 0.214. The van der Waals surface area contributed by atoms with Gasteiger partial charge in [-0.1, -0.05) is 30.3 Å². The van der Waals surface area contributed by atoms with Crippen LogP contribution in [0.1, 0.15) is 27.5 Å². The average Bonchev–Trinajstić information content (AvgIpc) is 3.46. The first kappa shape index (κ1) is 28.0. The molecule has 4 atom stereocenters. The fourth-order valence-electron chi connectivity index (χ4n) is 5.73. The monoisotopic (exact) mass is 574 g/mol. The van der Waals surface area contributed by atoms with Crippen molar-refractivity contribution in [3.63, 3.8) is 0 Å². The number of carbonyl (C=O) groups excluding carboxylic acids is 3. The number of aliphatic carboxylic acids is 1. The second-order valence-corrected chi connectivity index (χ2v) is 9.90. The number of nitro groups is 2. The summed E-state index contributed by atoms with van der Waals surface area (Å²) in [6.45, 7) is 0. The van der Waals surface area contributed by atoms with Crippen molar-refractivity contribution in [3.05, 3.63) is 110 Å². The number of amides is 2. The largest absolute Gasteiger partial charge is 0.480 e. The number of rotatable bonds is 8. The summed E-state index contributed by atoms with van der Waals surface area (Å²) in [5.41, 5.74) is -1.74. The van der Waals surface area contributed by atoms with Crippen LogP contribution in [0, 0.1) is 32.1 Å². The molecule has 0 aromatic heterocycles. The summed E-state index contributed by atoms with van der Waals surface area (Å²) in [7, 11) is 1.21. The molecule has 42 heavy (non-hydrogen) atoms. The Morgan fingerprint density at radius 1 is 0.952 bits per heavy atom. The lowest BCUT2D eigenvalue weighted by Gasteiger charge is -2.31. The molecule has 14 heteroatoms. The molecule has 2 heterocycles. The molecule has 3 aromatic carbocycles. The Bertz CT molecular complexity index is 1640. The molecular weight excluding hydrogens is 552 g/mol. The van der Waals surface area contributed by atoms with Crippen LogP contribution in [-0.2, 0) is 25.5 Å². The molecule has 2 aliphatic heterocycles. The van der Waals surface area contributed by atoms with Gasteiger partial charge in [-0.2, -0.15) is 0 Å². The molecule has 2 N–H and O–H groups in total. The van der Waals surface area contributed by atoms with Gasteiger partial charge in [0.05, 0.1) is 40.0 Å². The minimum atomic E-state index is -2.05. The second kappa shape index (κ2) is 10.5. The quantitative estimate of drug-likeness (QED) is 0.173. The number of nitro benzene ring substituents is 2. The molecule has 2 saturated heterocycles. The predicted octanol–water partition coefficient (Wildman–Crippen LogP) is 2.81. The summed E-state index contributed by atoms with van der Waals surface area (Å²) < 4.78 is 4.72. The van der Waals surface area contributed by atoms with Gasteiger partial charge in [0.25, 0.3) is 11.4 Å². The summed E-state index contributed by atoms with van der Waals surface area (Å²) >= 11 is 0. The number of non-ortho nitro benzene ring substituents is 2. The number of carboxylic acid groups (broad SMARTS) is 1. The van der Waals surface area contributed by atoms with Crippen molar-refractivity contribution in [3.8, 4) is 0 Å². The topological polar surface area (TPSA) is 199 Å². The molecule has 0 spiro atoms. The van der Waals surface area contributed by atoms with Crippen molar-refractivity contribution < 1.29 is 38.9 Å². The van der Waals surface area contributed by atoms with Crippen LogP contribution >= 0.6 is 0 Å². The number of methoxy groups -OCH3 is 1. The number of imide groups is 1. The molecule has 0 saturated carbocycles. The van der Waals surface area contributed by atoms with Gasteiger partial charge in [0.1, 0.15) is 5.54 Å². The SMILES string of the molecule is COC(=O)c1ccc(C2NC(Cc3ccc([N+](=O)[O-])cc3)(C(=O)O)C3C(=O)N(c4cccc([N+](=O)[O-])c4)C(=O)C23)cc1. The third-order valence-corrected chi connectivity index (χ3v) is 7.66. The number of nitrogens with one attached hydrogen (secondary N) is 1. The molecule has 2 fully saturated rings. The molecule has 2 amide bonds. The number of esters is 1. The van der Waals surface area contributed by atoms with Gasteiger partial charge in [0, 0.05) is 36.7 Å². The molecule has 0 bridgehead atoms. The Hall–Kier alpha value is -5.50. The van der Waals surface area contributed by atoms with Crippen LogP contribution in [-0.4, -0.2) is 51.4 Å². The lowest BCUT2D eigenvalue weighted by molar-refractivity contribution is -0.385. The van der Waals surface area contributed by atoms with Gasteiger partial charge in [-0.3, -0.25) is 39.9 Å². The van der Waals surface area contributed by atoms with Gasteiger partial charge in [0.15, 0.2) is 0 Å². The lowest BCUT2D eigenvalue weighted by Crippen LogP contribution is -2.57. The first-order chi connectivity index (χ1) is 20.0. The van der Waals surface area contributed by atoms with Gasteiger partial charge in [-0.15, -0.1) is 0 Å². The molecular formula is C28H22N4O10. The predicted molar refractivity (Wildman–Crippen MR) is 143 cm³/mol. The van der Waals surface area contributed by atoms with Crippen LogP contribution in [0.15, 0.2) is 72.8 Å². The molecule has 214 valence electrons. The molecule has 2 aliphatic rings. The van der Waals surface area contributed by atoms with E-state index in [-0.39, 0.29) is 29.0 Å². The number of hydrogen-bond acceptors (Lipinski definition) is 10. The van der Waals surface area contributed by atoms with E-state index >= 15 is 0 Å². The van der Waals surface area contributed by atoms with E-state index in [9.17, 15) is 44.5 Å². The van der Waals surface area contributed by atoms with Gasteiger partial charge < -0.3 is 9.84 Å². The van der Waals surface area contributed by atoms with Crippen LogP contribution in [0.3, 0.4) is 0 Å². The van der Waals surface area contributed by atoms with Crippen molar-refractivity contribution in [1.82, 2.24) is 5.32 Å². The Kier molecular flexibility index (Phi) is 7.00. The average molecular weight is 575 g/mol. The van der Waals surface area contributed by atoms with Crippen LogP contribution in [0.2, 0.25) is 0 Å². The Morgan fingerprint density at radius 3 is 2.17 bits per heavy atom. The summed E-state index contributed by atoms with van der Waals surface area (Å²) in [5.74, 6) is -6.37. The van der Waals surface area contributed by atoms with Crippen LogP contribution in [0.25, 0.3) is 0 Å². The van der Waals surface area contributed by atoms with E-state index in [0.717, 1.165) is 11.0 Å². The first-order valence-corrected chi connectivity index (χ1v) is 12.5. The van der Waals surface area contributed by atoms with Crippen molar-refractivity contribution in [2.24, 2.45) is 11.8 Å². The highest BCUT2D eigenvalue weighted by Gasteiger charge is 2.68. The first-order valence-electron chi connectivity index (χ1n) is 12.5. The maximum absolute atomic E-state index is 14.0. The van der Waals surface area contributed by atoms with E-state index in [2.05, 4.69) is 5.32 Å². The van der Waals surface area contributed by atoms with E-state index in [4.69, 9.17) is 4.74 Å². The Labute approximate surface area is 236 Å². The zero-order valence-corrected chi connectivity index (χ0v) is 21.8. The fourth-order valence-corrected chi connectivity index (χ4v) is 5.73. The third-order valence-electron chi connectivity index (χ3n) is 7.66. The van der Waals surface area contributed by atoms with Crippen molar-refractivity contribution in [2.75, 3.05) is 12.0 Å². The highest BCUT2D eigenvalue weighted by Crippen LogP contribution is 2.51. The minimum Gasteiger partial charge on any atom is -0.480 e. The van der Waals surface area contributed by atoms with Gasteiger partial charge in [0.2, 0.25) is 11.8 Å². The summed E-state index contributed by atoms with van der Waals surface area (Å²) in [6.07, 6.45) is -0.319. The zero-order valence-electron chi connectivity index (χ0n) is 21.8. The lowest BCUT2D eigenvalue weighted by atomic mass is 9.76. The normalized spacial score (nSPS) is 23.0. The van der Waals surface area contributed by atoms with E-state index in [0.29, 0.717) is 11.1 Å². The van der Waals surface area contributed by atoms with Gasteiger partial charge in [-0.25, -0.2) is 9.69 Å². The molecule has 5 rings (SSSR count). The second-order valence-electron chi connectivity index (χ2n) is 9.90. The highest BCUT2D eigenvalue weighted by atomic mass is 16.6. The number of anilines is 1. The number of carbonyl (C=O) groups is 4. The highest BCUT2D eigenvalue weighted by molar-refractivity contribution is 6.24. The minimum absolute atomic E-state index is 0.0805. The molecule has 4 unspecified atom stereocenters. The smallest absolute Gasteiger partial charge is 0.337 e. The summed E-state index contributed by atoms with van der Waals surface area (Å²) in [6, 6.07) is 14.9. The number of carboxylic acids is 1. The van der Waals surface area contributed by atoms with Crippen molar-refractivity contribution in [2.45, 2.75) is 18.0 Å². The van der Waals surface area contributed by atoms with E-state index < -0.39 is 57.0 Å². The number of fused-ring (bicyclic) bond motifs is 1. The van der Waals surface area contributed by atoms with Crippen LogP contribution < -0.4 is 10.2 Å². The van der Waals surface area contributed by atoms with Crippen LogP contribution in [0.4, 0.5) is 17.1 Å². The van der Waals surface area contributed by atoms with Gasteiger partial charge >= 0.3 is 11.9 Å². The summed E-state index contributed by atoms with van der Waals surface area (Å²) in [5, 5.41) is 36.1. The maximum atomic E-state index is 14.0. The van der Waals surface area contributed by atoms with E-state index in [1.807, 2.05) is 0 Å². The van der Waals surface area contributed by atoms with E-state index in [1.165, 1.54) is 73.8 Å². The van der Waals surface area contributed by atoms with E-state index in [1.54, 1.807) is 0 Å². The van der Waals surface area contributed by atoms with Gasteiger partial charge in [-0.05, 0) is 29.3 Å². The molecule has 3 aromatic rings. The maximum Gasteiger partial charge on any atom is 0.337 e. The zero-order chi connectivity index (χ0) is 30.3. The molecule has 0 radical (unpaired) electrons. The van der Waals surface area contributed by atoms with Crippen LogP contribution in [0.5, 0.6) is 0 Å². The Balaban J connectivity index is 1.63. The summed E-state index contributed by atoms with van der Waals surface area (Å²) in [4.78, 5) is 74.9. The molecule has 14 nitrogen and oxygen atoms in total. The third kappa shape index (κ3) is 4.53.